The Kier molecular flexibility index (Phi) is 8.68. The van der Waals surface area contributed by atoms with E-state index in [1.165, 1.54) is 18.3 Å². The third-order valence-electron chi connectivity index (χ3n) is 5.54. The molecule has 0 fully saturated rings. The van der Waals surface area contributed by atoms with E-state index in [0.29, 0.717) is 22.9 Å². The second-order valence-electron chi connectivity index (χ2n) is 8.86. The van der Waals surface area contributed by atoms with Crippen LogP contribution in [-0.2, 0) is 11.0 Å². The largest absolute Gasteiger partial charge is 0.481 e. The second-order valence-corrected chi connectivity index (χ2v) is 8.86. The van der Waals surface area contributed by atoms with Crippen molar-refractivity contribution in [1.82, 2.24) is 10.3 Å². The number of nitrogens with zero attached hydrogens (tertiary/aromatic N) is 1. The number of alkyl halides is 3. The maximum absolute atomic E-state index is 12.8. The number of halogens is 3. The molecule has 36 heavy (non-hydrogen) atoms. The number of carboxylic acids is 1. The lowest BCUT2D eigenvalue weighted by Gasteiger charge is -2.22. The van der Waals surface area contributed by atoms with Gasteiger partial charge in [0.15, 0.2) is 0 Å². The SMILES string of the molecule is CC(C)CC(Nc1ccc(C(=O)NCCC(=O)O)cn1)c1ccc(-c2ccc(C(F)(F)F)cc2)cc1. The van der Waals surface area contributed by atoms with Gasteiger partial charge in [0, 0.05) is 12.7 Å². The molecule has 1 heterocycles. The molecule has 1 amide bonds. The van der Waals surface area contributed by atoms with E-state index in [-0.39, 0.29) is 19.0 Å². The number of aliphatic carboxylic acids is 1. The molecule has 0 spiro atoms. The first-order valence-electron chi connectivity index (χ1n) is 11.5. The molecule has 1 aromatic heterocycles. The van der Waals surface area contributed by atoms with E-state index in [0.717, 1.165) is 29.7 Å². The van der Waals surface area contributed by atoms with Gasteiger partial charge in [-0.1, -0.05) is 50.2 Å². The highest BCUT2D eigenvalue weighted by Crippen LogP contribution is 2.32. The van der Waals surface area contributed by atoms with Crippen LogP contribution in [0.15, 0.2) is 66.9 Å². The van der Waals surface area contributed by atoms with Gasteiger partial charge in [-0.2, -0.15) is 13.2 Å². The summed E-state index contributed by atoms with van der Waals surface area (Å²) in [4.78, 5) is 27.0. The van der Waals surface area contributed by atoms with Crippen LogP contribution in [-0.4, -0.2) is 28.5 Å². The summed E-state index contributed by atoms with van der Waals surface area (Å²) in [7, 11) is 0. The van der Waals surface area contributed by atoms with Gasteiger partial charge in [0.25, 0.3) is 5.91 Å². The standard InChI is InChI=1S/C27H28F3N3O3/c1-17(2)15-23(33-24-12-9-21(16-32-24)26(36)31-14-13-25(34)35)20-5-3-18(4-6-20)19-7-10-22(11-8-19)27(28,29)30/h3-12,16-17,23H,13-15H2,1-2H3,(H,31,36)(H,32,33)(H,34,35). The minimum atomic E-state index is -4.37. The first-order valence-corrected chi connectivity index (χ1v) is 11.5. The molecule has 0 saturated heterocycles. The predicted molar refractivity (Wildman–Crippen MR) is 132 cm³/mol. The molecule has 6 nitrogen and oxygen atoms in total. The number of amides is 1. The van der Waals surface area contributed by atoms with Crippen molar-refractivity contribution in [2.24, 2.45) is 5.92 Å². The molecule has 3 rings (SSSR count). The zero-order chi connectivity index (χ0) is 26.3. The van der Waals surface area contributed by atoms with E-state index in [9.17, 15) is 22.8 Å². The van der Waals surface area contributed by atoms with Crippen LogP contribution in [0.3, 0.4) is 0 Å². The Hall–Kier alpha value is -3.88. The van der Waals surface area contributed by atoms with Crippen LogP contribution in [0.1, 0.15) is 54.2 Å². The van der Waals surface area contributed by atoms with Gasteiger partial charge in [-0.25, -0.2) is 4.98 Å². The van der Waals surface area contributed by atoms with Gasteiger partial charge in [-0.05, 0) is 53.3 Å². The molecule has 0 bridgehead atoms. The first-order chi connectivity index (χ1) is 17.0. The van der Waals surface area contributed by atoms with Gasteiger partial charge < -0.3 is 15.7 Å². The van der Waals surface area contributed by atoms with Crippen LogP contribution in [0.2, 0.25) is 0 Å². The number of benzene rings is 2. The zero-order valence-electron chi connectivity index (χ0n) is 20.0. The van der Waals surface area contributed by atoms with Crippen molar-refractivity contribution in [3.05, 3.63) is 83.6 Å². The molecule has 2 aromatic carbocycles. The van der Waals surface area contributed by atoms with Crippen LogP contribution in [0.25, 0.3) is 11.1 Å². The lowest BCUT2D eigenvalue weighted by atomic mass is 9.94. The van der Waals surface area contributed by atoms with Crippen molar-refractivity contribution in [2.75, 3.05) is 11.9 Å². The number of carboxylic acid groups (broad SMARTS) is 1. The van der Waals surface area contributed by atoms with Gasteiger partial charge in [0.2, 0.25) is 0 Å². The summed E-state index contributed by atoms with van der Waals surface area (Å²) in [6.07, 6.45) is -2.29. The van der Waals surface area contributed by atoms with Gasteiger partial charge >= 0.3 is 12.1 Å². The summed E-state index contributed by atoms with van der Waals surface area (Å²) < 4.78 is 38.5. The Morgan fingerprint density at radius 1 is 0.944 bits per heavy atom. The minimum absolute atomic E-state index is 0.0348. The van der Waals surface area contributed by atoms with Crippen molar-refractivity contribution in [2.45, 2.75) is 38.9 Å². The number of carbonyl (C=O) groups is 2. The Morgan fingerprint density at radius 2 is 1.56 bits per heavy atom. The summed E-state index contributed by atoms with van der Waals surface area (Å²) in [5, 5.41) is 14.6. The Morgan fingerprint density at radius 3 is 2.06 bits per heavy atom. The van der Waals surface area contributed by atoms with Crippen molar-refractivity contribution in [3.63, 3.8) is 0 Å². The van der Waals surface area contributed by atoms with Crippen molar-refractivity contribution in [3.8, 4) is 11.1 Å². The second kappa shape index (κ2) is 11.7. The molecular weight excluding hydrogens is 471 g/mol. The van der Waals surface area contributed by atoms with Crippen LogP contribution in [0, 0.1) is 5.92 Å². The lowest BCUT2D eigenvalue weighted by molar-refractivity contribution is -0.138. The summed E-state index contributed by atoms with van der Waals surface area (Å²) in [6.45, 7) is 4.24. The quantitative estimate of drug-likeness (QED) is 0.310. The molecular formula is C27H28F3N3O3. The highest BCUT2D eigenvalue weighted by molar-refractivity contribution is 5.94. The fourth-order valence-electron chi connectivity index (χ4n) is 3.69. The third kappa shape index (κ3) is 7.56. The number of hydrogen-bond acceptors (Lipinski definition) is 4. The summed E-state index contributed by atoms with van der Waals surface area (Å²) in [5.74, 6) is -0.435. The molecule has 0 radical (unpaired) electrons. The molecule has 3 N–H and O–H groups in total. The summed E-state index contributed by atoms with van der Waals surface area (Å²) in [6, 6.07) is 16.0. The molecule has 3 aromatic rings. The maximum atomic E-state index is 12.8. The van der Waals surface area contributed by atoms with Crippen molar-refractivity contribution >= 4 is 17.7 Å². The number of aromatic nitrogens is 1. The maximum Gasteiger partial charge on any atom is 0.416 e. The molecule has 190 valence electrons. The smallest absolute Gasteiger partial charge is 0.416 e. The number of anilines is 1. The molecule has 0 saturated carbocycles. The van der Waals surface area contributed by atoms with E-state index in [4.69, 9.17) is 5.11 Å². The van der Waals surface area contributed by atoms with Crippen LogP contribution in [0.4, 0.5) is 19.0 Å². The highest BCUT2D eigenvalue weighted by Gasteiger charge is 2.30. The third-order valence-corrected chi connectivity index (χ3v) is 5.54. The van der Waals surface area contributed by atoms with Crippen LogP contribution in [0.5, 0.6) is 0 Å². The lowest BCUT2D eigenvalue weighted by Crippen LogP contribution is -2.26. The minimum Gasteiger partial charge on any atom is -0.481 e. The Balaban J connectivity index is 1.70. The molecule has 1 unspecified atom stereocenters. The number of hydrogen-bond donors (Lipinski definition) is 3. The van der Waals surface area contributed by atoms with Crippen molar-refractivity contribution in [1.29, 1.82) is 0 Å². The normalized spacial score (nSPS) is 12.3. The van der Waals surface area contributed by atoms with E-state index < -0.39 is 23.6 Å². The monoisotopic (exact) mass is 499 g/mol. The van der Waals surface area contributed by atoms with E-state index in [1.54, 1.807) is 12.1 Å². The molecule has 0 aliphatic carbocycles. The summed E-state index contributed by atoms with van der Waals surface area (Å²) >= 11 is 0. The Labute approximate surface area is 207 Å². The zero-order valence-corrected chi connectivity index (χ0v) is 20.0. The average molecular weight is 500 g/mol. The number of pyridine rings is 1. The topological polar surface area (TPSA) is 91.3 Å². The average Bonchev–Trinajstić information content (AvgIpc) is 2.83. The first kappa shape index (κ1) is 26.7. The van der Waals surface area contributed by atoms with Gasteiger partial charge in [-0.3, -0.25) is 9.59 Å². The highest BCUT2D eigenvalue weighted by atomic mass is 19.4. The fraction of sp³-hybridized carbons (Fsp3) is 0.296. The van der Waals surface area contributed by atoms with Gasteiger partial charge in [0.1, 0.15) is 5.82 Å². The van der Waals surface area contributed by atoms with E-state index >= 15 is 0 Å². The van der Waals surface area contributed by atoms with Gasteiger partial charge in [0.05, 0.1) is 23.6 Å². The fourth-order valence-corrected chi connectivity index (χ4v) is 3.69. The van der Waals surface area contributed by atoms with Crippen molar-refractivity contribution < 1.29 is 27.9 Å². The summed E-state index contributed by atoms with van der Waals surface area (Å²) in [5.41, 5.74) is 2.15. The molecule has 0 aliphatic heterocycles. The number of nitrogens with one attached hydrogen (secondary N) is 2. The van der Waals surface area contributed by atoms with E-state index in [2.05, 4.69) is 29.5 Å². The predicted octanol–water partition coefficient (Wildman–Crippen LogP) is 6.17. The number of rotatable bonds is 10. The molecule has 0 aliphatic rings. The van der Waals surface area contributed by atoms with Crippen LogP contribution >= 0.6 is 0 Å². The van der Waals surface area contributed by atoms with Gasteiger partial charge in [-0.15, -0.1) is 0 Å². The molecule has 9 heteroatoms. The van der Waals surface area contributed by atoms with Crippen LogP contribution < -0.4 is 10.6 Å². The number of carbonyl (C=O) groups excluding carboxylic acids is 1. The Bertz CT molecular complexity index is 1160. The van der Waals surface area contributed by atoms with E-state index in [1.807, 2.05) is 24.3 Å². The molecule has 1 atom stereocenters.